The third-order valence-electron chi connectivity index (χ3n) is 3.83. The van der Waals surface area contributed by atoms with Crippen molar-refractivity contribution in [2.24, 2.45) is 0 Å². The Hall–Kier alpha value is -1.91. The van der Waals surface area contributed by atoms with Gasteiger partial charge in [0.2, 0.25) is 0 Å². The van der Waals surface area contributed by atoms with Gasteiger partial charge in [0.05, 0.1) is 12.5 Å². The highest BCUT2D eigenvalue weighted by Crippen LogP contribution is 2.28. The van der Waals surface area contributed by atoms with Crippen molar-refractivity contribution in [2.45, 2.75) is 45.6 Å². The third kappa shape index (κ3) is 2.28. The molecule has 20 heavy (non-hydrogen) atoms. The number of aryl methyl sites for hydroxylation is 2. The molecule has 2 aromatic heterocycles. The van der Waals surface area contributed by atoms with E-state index < -0.39 is 0 Å². The van der Waals surface area contributed by atoms with E-state index in [1.807, 2.05) is 19.6 Å². The molecule has 2 aromatic rings. The summed E-state index contributed by atoms with van der Waals surface area (Å²) in [5, 5.41) is 3.23. The second kappa shape index (κ2) is 5.61. The summed E-state index contributed by atoms with van der Waals surface area (Å²) in [4.78, 5) is 13.7. The Kier molecular flexibility index (Phi) is 3.67. The monoisotopic (exact) mass is 271 g/mol. The van der Waals surface area contributed by atoms with Gasteiger partial charge in [0, 0.05) is 24.8 Å². The van der Waals surface area contributed by atoms with E-state index in [2.05, 4.69) is 21.8 Å². The van der Waals surface area contributed by atoms with Crippen molar-refractivity contribution < 1.29 is 0 Å². The van der Waals surface area contributed by atoms with Crippen molar-refractivity contribution in [2.75, 3.05) is 12.4 Å². The molecule has 0 bridgehead atoms. The lowest BCUT2D eigenvalue weighted by Crippen LogP contribution is -2.12. The number of nitrogens with one attached hydrogen (secondary N) is 1. The van der Waals surface area contributed by atoms with Crippen molar-refractivity contribution >= 4 is 5.82 Å². The maximum atomic E-state index is 4.80. The SMILES string of the molecule is CCCn1cncc1-c1nc2c(c(NC)n1)CCCC2. The van der Waals surface area contributed by atoms with E-state index in [-0.39, 0.29) is 0 Å². The van der Waals surface area contributed by atoms with Crippen molar-refractivity contribution in [3.63, 3.8) is 0 Å². The average molecular weight is 271 g/mol. The van der Waals surface area contributed by atoms with Gasteiger partial charge in [-0.05, 0) is 32.1 Å². The lowest BCUT2D eigenvalue weighted by molar-refractivity contribution is 0.659. The van der Waals surface area contributed by atoms with Crippen LogP contribution in [0.1, 0.15) is 37.4 Å². The summed E-state index contributed by atoms with van der Waals surface area (Å²) < 4.78 is 2.13. The van der Waals surface area contributed by atoms with Crippen LogP contribution in [0.3, 0.4) is 0 Å². The summed E-state index contributed by atoms with van der Waals surface area (Å²) in [5.41, 5.74) is 3.51. The van der Waals surface area contributed by atoms with Crippen molar-refractivity contribution in [1.82, 2.24) is 19.5 Å². The Labute approximate surface area is 119 Å². The molecule has 2 heterocycles. The number of anilines is 1. The minimum Gasteiger partial charge on any atom is -0.373 e. The standard InChI is InChI=1S/C15H21N5/c1-3-8-20-10-17-9-13(20)15-18-12-7-5-4-6-11(12)14(16-2)19-15/h9-10H,3-8H2,1-2H3,(H,16,18,19). The van der Waals surface area contributed by atoms with Gasteiger partial charge in [-0.2, -0.15) is 0 Å². The van der Waals surface area contributed by atoms with E-state index in [0.717, 1.165) is 43.1 Å². The first kappa shape index (κ1) is 13.1. The lowest BCUT2D eigenvalue weighted by atomic mass is 9.96. The maximum absolute atomic E-state index is 4.80. The van der Waals surface area contributed by atoms with Gasteiger partial charge in [-0.3, -0.25) is 0 Å². The first-order chi connectivity index (χ1) is 9.83. The van der Waals surface area contributed by atoms with Crippen LogP contribution in [-0.2, 0) is 19.4 Å². The molecule has 0 aliphatic heterocycles. The fourth-order valence-electron chi connectivity index (χ4n) is 2.84. The number of hydrogen-bond acceptors (Lipinski definition) is 4. The third-order valence-corrected chi connectivity index (χ3v) is 3.83. The highest BCUT2D eigenvalue weighted by Gasteiger charge is 2.19. The molecule has 0 fully saturated rings. The zero-order valence-electron chi connectivity index (χ0n) is 12.2. The summed E-state index contributed by atoms with van der Waals surface area (Å²) in [5.74, 6) is 1.77. The van der Waals surface area contributed by atoms with E-state index >= 15 is 0 Å². The summed E-state index contributed by atoms with van der Waals surface area (Å²) in [6.45, 7) is 3.11. The van der Waals surface area contributed by atoms with Gasteiger partial charge >= 0.3 is 0 Å². The molecule has 3 rings (SSSR count). The van der Waals surface area contributed by atoms with Gasteiger partial charge in [-0.15, -0.1) is 0 Å². The van der Waals surface area contributed by atoms with Gasteiger partial charge in [0.15, 0.2) is 5.82 Å². The summed E-state index contributed by atoms with van der Waals surface area (Å²) >= 11 is 0. The number of aromatic nitrogens is 4. The van der Waals surface area contributed by atoms with Crippen LogP contribution in [0.4, 0.5) is 5.82 Å². The molecule has 0 saturated carbocycles. The zero-order valence-corrected chi connectivity index (χ0v) is 12.2. The first-order valence-corrected chi connectivity index (χ1v) is 7.41. The van der Waals surface area contributed by atoms with Gasteiger partial charge < -0.3 is 9.88 Å². The molecular formula is C15H21N5. The van der Waals surface area contributed by atoms with Crippen LogP contribution in [0.25, 0.3) is 11.5 Å². The second-order valence-corrected chi connectivity index (χ2v) is 5.25. The van der Waals surface area contributed by atoms with E-state index in [0.29, 0.717) is 0 Å². The molecule has 0 unspecified atom stereocenters. The molecule has 106 valence electrons. The Balaban J connectivity index is 2.07. The Bertz CT molecular complexity index is 585. The Morgan fingerprint density at radius 1 is 1.25 bits per heavy atom. The lowest BCUT2D eigenvalue weighted by Gasteiger charge is -2.19. The van der Waals surface area contributed by atoms with Gasteiger partial charge in [-0.1, -0.05) is 6.92 Å². The van der Waals surface area contributed by atoms with E-state index in [1.165, 1.54) is 24.1 Å². The molecule has 0 radical (unpaired) electrons. The molecule has 0 saturated heterocycles. The summed E-state index contributed by atoms with van der Waals surface area (Å²) in [6, 6.07) is 0. The fourth-order valence-corrected chi connectivity index (χ4v) is 2.84. The largest absolute Gasteiger partial charge is 0.373 e. The van der Waals surface area contributed by atoms with E-state index in [4.69, 9.17) is 9.97 Å². The highest BCUT2D eigenvalue weighted by molar-refractivity contribution is 5.57. The van der Waals surface area contributed by atoms with Crippen LogP contribution in [-0.4, -0.2) is 26.6 Å². The van der Waals surface area contributed by atoms with Crippen LogP contribution in [0.2, 0.25) is 0 Å². The van der Waals surface area contributed by atoms with E-state index in [9.17, 15) is 0 Å². The molecule has 0 aromatic carbocycles. The zero-order chi connectivity index (χ0) is 13.9. The number of hydrogen-bond donors (Lipinski definition) is 1. The molecule has 1 aliphatic carbocycles. The molecule has 0 atom stereocenters. The fraction of sp³-hybridized carbons (Fsp3) is 0.533. The van der Waals surface area contributed by atoms with Gasteiger partial charge in [0.1, 0.15) is 11.5 Å². The normalized spacial score (nSPS) is 14.1. The molecule has 0 amide bonds. The van der Waals surface area contributed by atoms with E-state index in [1.54, 1.807) is 0 Å². The number of nitrogens with zero attached hydrogens (tertiary/aromatic N) is 4. The van der Waals surface area contributed by atoms with Gasteiger partial charge in [-0.25, -0.2) is 15.0 Å². The highest BCUT2D eigenvalue weighted by atomic mass is 15.1. The molecular weight excluding hydrogens is 250 g/mol. The quantitative estimate of drug-likeness (QED) is 0.929. The predicted molar refractivity (Wildman–Crippen MR) is 79.7 cm³/mol. The Morgan fingerprint density at radius 3 is 2.90 bits per heavy atom. The van der Waals surface area contributed by atoms with Crippen molar-refractivity contribution in [3.05, 3.63) is 23.8 Å². The molecule has 1 aliphatic rings. The van der Waals surface area contributed by atoms with Crippen LogP contribution in [0.5, 0.6) is 0 Å². The molecule has 5 nitrogen and oxygen atoms in total. The minimum atomic E-state index is 0.793. The van der Waals surface area contributed by atoms with Crippen molar-refractivity contribution in [1.29, 1.82) is 0 Å². The molecule has 1 N–H and O–H groups in total. The second-order valence-electron chi connectivity index (χ2n) is 5.25. The van der Waals surface area contributed by atoms with Crippen LogP contribution < -0.4 is 5.32 Å². The van der Waals surface area contributed by atoms with Crippen LogP contribution in [0.15, 0.2) is 12.5 Å². The Morgan fingerprint density at radius 2 is 2.10 bits per heavy atom. The predicted octanol–water partition coefficient (Wildman–Crippen LogP) is 2.67. The smallest absolute Gasteiger partial charge is 0.180 e. The van der Waals surface area contributed by atoms with Crippen molar-refractivity contribution in [3.8, 4) is 11.5 Å². The summed E-state index contributed by atoms with van der Waals surface area (Å²) in [6.07, 6.45) is 9.40. The van der Waals surface area contributed by atoms with Crippen LogP contribution in [0, 0.1) is 0 Å². The molecule has 0 spiro atoms. The van der Waals surface area contributed by atoms with Crippen LogP contribution >= 0.6 is 0 Å². The number of imidazole rings is 1. The number of rotatable bonds is 4. The first-order valence-electron chi connectivity index (χ1n) is 7.41. The minimum absolute atomic E-state index is 0.793. The van der Waals surface area contributed by atoms with Gasteiger partial charge in [0.25, 0.3) is 0 Å². The maximum Gasteiger partial charge on any atom is 0.180 e. The topological polar surface area (TPSA) is 55.6 Å². The average Bonchev–Trinajstić information content (AvgIpc) is 2.95. The number of fused-ring (bicyclic) bond motifs is 1. The molecule has 5 heteroatoms. The summed E-state index contributed by atoms with van der Waals surface area (Å²) in [7, 11) is 1.93.